The van der Waals surface area contributed by atoms with Crippen LogP contribution in [0.15, 0.2) is 0 Å². The molecule has 0 saturated heterocycles. The van der Waals surface area contributed by atoms with Crippen molar-refractivity contribution in [2.45, 2.75) is 37.9 Å². The van der Waals surface area contributed by atoms with Gasteiger partial charge in [0.15, 0.2) is 6.10 Å². The Labute approximate surface area is 71.7 Å². The lowest BCUT2D eigenvalue weighted by atomic mass is 9.96. The van der Waals surface area contributed by atoms with Crippen LogP contribution in [-0.2, 0) is 9.53 Å². The topological polar surface area (TPSA) is 72.5 Å². The van der Waals surface area contributed by atoms with Gasteiger partial charge >= 0.3 is 5.97 Å². The first kappa shape index (κ1) is 9.48. The third-order valence-corrected chi connectivity index (χ3v) is 2.05. The van der Waals surface area contributed by atoms with Crippen LogP contribution in [-0.4, -0.2) is 29.8 Å². The van der Waals surface area contributed by atoms with Gasteiger partial charge in [0, 0.05) is 0 Å². The van der Waals surface area contributed by atoms with Crippen LogP contribution >= 0.6 is 0 Å². The first-order valence-corrected chi connectivity index (χ1v) is 4.32. The van der Waals surface area contributed by atoms with E-state index >= 15 is 0 Å². The lowest BCUT2D eigenvalue weighted by Gasteiger charge is -2.26. The van der Waals surface area contributed by atoms with Crippen molar-refractivity contribution in [1.82, 2.24) is 0 Å². The predicted octanol–water partition coefficient (Wildman–Crippen LogP) is -0.208. The van der Waals surface area contributed by atoms with E-state index in [0.717, 1.165) is 19.3 Å². The quantitative estimate of drug-likeness (QED) is 0.577. The van der Waals surface area contributed by atoms with Crippen LogP contribution in [0.3, 0.4) is 0 Å². The third-order valence-electron chi connectivity index (χ3n) is 2.05. The second kappa shape index (κ2) is 4.42. The summed E-state index contributed by atoms with van der Waals surface area (Å²) >= 11 is 0. The van der Waals surface area contributed by atoms with Crippen molar-refractivity contribution in [3.8, 4) is 0 Å². The number of aliphatic hydroxyl groups is 1. The molecule has 1 fully saturated rings. The van der Waals surface area contributed by atoms with E-state index in [2.05, 4.69) is 0 Å². The molecule has 0 amide bonds. The highest BCUT2D eigenvalue weighted by Crippen LogP contribution is 2.22. The fourth-order valence-electron chi connectivity index (χ4n) is 1.01. The van der Waals surface area contributed by atoms with Gasteiger partial charge in [-0.3, -0.25) is 0 Å². The Morgan fingerprint density at radius 1 is 1.67 bits per heavy atom. The summed E-state index contributed by atoms with van der Waals surface area (Å²) in [7, 11) is 0. The van der Waals surface area contributed by atoms with Crippen molar-refractivity contribution in [3.63, 3.8) is 0 Å². The number of nitrogens with two attached hydrogens (primary N) is 1. The monoisotopic (exact) mass is 173 g/mol. The predicted molar refractivity (Wildman–Crippen MR) is 43.4 cm³/mol. The molecule has 3 N–H and O–H groups in total. The Morgan fingerprint density at radius 3 is 2.75 bits per heavy atom. The molecule has 1 aliphatic rings. The highest BCUT2D eigenvalue weighted by Gasteiger charge is 2.24. The Bertz CT molecular complexity index is 156. The molecule has 0 radical (unpaired) electrons. The lowest BCUT2D eigenvalue weighted by Crippen LogP contribution is -2.32. The van der Waals surface area contributed by atoms with E-state index in [9.17, 15) is 4.79 Å². The molecule has 12 heavy (non-hydrogen) atoms. The maximum absolute atomic E-state index is 11.0. The van der Waals surface area contributed by atoms with E-state index in [1.165, 1.54) is 0 Å². The summed E-state index contributed by atoms with van der Waals surface area (Å²) in [5.74, 6) is -0.523. The molecule has 0 aliphatic heterocycles. The van der Waals surface area contributed by atoms with Crippen LogP contribution in [0.4, 0.5) is 0 Å². The van der Waals surface area contributed by atoms with E-state index in [-0.39, 0.29) is 12.5 Å². The Kier molecular flexibility index (Phi) is 3.49. The summed E-state index contributed by atoms with van der Waals surface area (Å²) in [4.78, 5) is 11.0. The Morgan fingerprint density at radius 2 is 2.33 bits per heavy atom. The van der Waals surface area contributed by atoms with Crippen molar-refractivity contribution in [1.29, 1.82) is 0 Å². The van der Waals surface area contributed by atoms with Crippen molar-refractivity contribution < 1.29 is 14.6 Å². The number of esters is 1. The fraction of sp³-hybridized carbons (Fsp3) is 0.875. The number of aliphatic hydroxyl groups excluding tert-OH is 1. The molecule has 0 aromatic heterocycles. The molecule has 0 unspecified atom stereocenters. The smallest absolute Gasteiger partial charge is 0.335 e. The Balaban J connectivity index is 2.16. The number of hydrogen-bond acceptors (Lipinski definition) is 4. The summed E-state index contributed by atoms with van der Waals surface area (Å²) in [6.45, 7) is 0.306. The second-order valence-corrected chi connectivity index (χ2v) is 3.08. The zero-order valence-electron chi connectivity index (χ0n) is 7.03. The van der Waals surface area contributed by atoms with Crippen molar-refractivity contribution in [2.24, 2.45) is 5.73 Å². The summed E-state index contributed by atoms with van der Waals surface area (Å²) in [5.41, 5.74) is 5.18. The summed E-state index contributed by atoms with van der Waals surface area (Å²) in [5, 5.41) is 9.13. The number of carbonyl (C=O) groups excluding carboxylic acids is 1. The van der Waals surface area contributed by atoms with E-state index < -0.39 is 12.1 Å². The van der Waals surface area contributed by atoms with Gasteiger partial charge in [-0.25, -0.2) is 4.79 Å². The molecule has 1 aliphatic carbocycles. The minimum Gasteiger partial charge on any atom is -0.460 e. The highest BCUT2D eigenvalue weighted by molar-refractivity contribution is 5.74. The van der Waals surface area contributed by atoms with Crippen molar-refractivity contribution >= 4 is 5.97 Å². The van der Waals surface area contributed by atoms with Crippen LogP contribution in [0.1, 0.15) is 25.7 Å². The standard InChI is InChI=1S/C8H15NO3/c9-5-4-7(10)8(11)12-6-2-1-3-6/h6-7,10H,1-5,9H2/t7-/m0/s1. The number of carbonyl (C=O) groups is 1. The van der Waals surface area contributed by atoms with Gasteiger partial charge in [-0.15, -0.1) is 0 Å². The molecule has 70 valence electrons. The largest absolute Gasteiger partial charge is 0.460 e. The molecule has 0 bridgehead atoms. The molecular weight excluding hydrogens is 158 g/mol. The Hall–Kier alpha value is -0.610. The van der Waals surface area contributed by atoms with E-state index in [0.29, 0.717) is 6.54 Å². The minimum absolute atomic E-state index is 0.0462. The molecule has 0 aromatic rings. The van der Waals surface area contributed by atoms with Gasteiger partial charge in [-0.05, 0) is 32.2 Å². The summed E-state index contributed by atoms with van der Waals surface area (Å²) in [6, 6.07) is 0. The lowest BCUT2D eigenvalue weighted by molar-refractivity contribution is -0.163. The molecule has 4 nitrogen and oxygen atoms in total. The molecule has 0 spiro atoms. The first-order valence-electron chi connectivity index (χ1n) is 4.32. The molecule has 0 heterocycles. The van der Waals surface area contributed by atoms with Gasteiger partial charge in [-0.2, -0.15) is 0 Å². The van der Waals surface area contributed by atoms with Crippen LogP contribution < -0.4 is 5.73 Å². The normalized spacial score (nSPS) is 19.8. The average molecular weight is 173 g/mol. The molecule has 1 atom stereocenters. The van der Waals surface area contributed by atoms with E-state index in [4.69, 9.17) is 15.6 Å². The van der Waals surface area contributed by atoms with Crippen LogP contribution in [0, 0.1) is 0 Å². The van der Waals surface area contributed by atoms with Gasteiger partial charge < -0.3 is 15.6 Å². The van der Waals surface area contributed by atoms with Crippen LogP contribution in [0.25, 0.3) is 0 Å². The number of ether oxygens (including phenoxy) is 1. The third kappa shape index (κ3) is 2.46. The SMILES string of the molecule is NCC[C@H](O)C(=O)OC1CCC1. The average Bonchev–Trinajstić information content (AvgIpc) is 1.97. The molecule has 4 heteroatoms. The van der Waals surface area contributed by atoms with Gasteiger partial charge in [-0.1, -0.05) is 0 Å². The molecular formula is C8H15NO3. The maximum atomic E-state index is 11.0. The summed E-state index contributed by atoms with van der Waals surface area (Å²) < 4.78 is 4.96. The number of hydrogen-bond donors (Lipinski definition) is 2. The van der Waals surface area contributed by atoms with E-state index in [1.807, 2.05) is 0 Å². The van der Waals surface area contributed by atoms with Gasteiger partial charge in [0.05, 0.1) is 0 Å². The minimum atomic E-state index is -1.03. The molecule has 0 aromatic carbocycles. The van der Waals surface area contributed by atoms with Crippen LogP contribution in [0.2, 0.25) is 0 Å². The van der Waals surface area contributed by atoms with Gasteiger partial charge in [0.25, 0.3) is 0 Å². The zero-order valence-corrected chi connectivity index (χ0v) is 7.03. The van der Waals surface area contributed by atoms with Crippen molar-refractivity contribution in [3.05, 3.63) is 0 Å². The van der Waals surface area contributed by atoms with Crippen LogP contribution in [0.5, 0.6) is 0 Å². The van der Waals surface area contributed by atoms with Gasteiger partial charge in [0.1, 0.15) is 6.10 Å². The summed E-state index contributed by atoms with van der Waals surface area (Å²) in [6.07, 6.45) is 2.28. The second-order valence-electron chi connectivity index (χ2n) is 3.08. The van der Waals surface area contributed by atoms with Crippen molar-refractivity contribution in [2.75, 3.05) is 6.54 Å². The van der Waals surface area contributed by atoms with Gasteiger partial charge in [0.2, 0.25) is 0 Å². The maximum Gasteiger partial charge on any atom is 0.335 e. The fourth-order valence-corrected chi connectivity index (χ4v) is 1.01. The highest BCUT2D eigenvalue weighted by atomic mass is 16.6. The van der Waals surface area contributed by atoms with E-state index in [1.54, 1.807) is 0 Å². The molecule has 1 rings (SSSR count). The zero-order chi connectivity index (χ0) is 8.97. The first-order chi connectivity index (χ1) is 5.74. The number of rotatable bonds is 4. The molecule has 1 saturated carbocycles.